The molecule has 0 aromatic carbocycles. The highest BCUT2D eigenvalue weighted by Gasteiger charge is 2.56. The summed E-state index contributed by atoms with van der Waals surface area (Å²) in [5.41, 5.74) is 0. The average molecular weight is 414 g/mol. The van der Waals surface area contributed by atoms with E-state index in [1.807, 2.05) is 0 Å². The highest BCUT2D eigenvalue weighted by molar-refractivity contribution is 6.18. The van der Waals surface area contributed by atoms with Crippen molar-refractivity contribution in [2.24, 2.45) is 5.29 Å². The van der Waals surface area contributed by atoms with Gasteiger partial charge >= 0.3 is 6.03 Å². The van der Waals surface area contributed by atoms with Crippen molar-refractivity contribution in [2.75, 3.05) is 26.1 Å². The maximum Gasteiger partial charge on any atom is 0.345 e. The zero-order valence-corrected chi connectivity index (χ0v) is 16.3. The van der Waals surface area contributed by atoms with E-state index in [0.29, 0.717) is 11.4 Å². The molecule has 1 fully saturated rings. The van der Waals surface area contributed by atoms with Gasteiger partial charge in [0.2, 0.25) is 0 Å². The summed E-state index contributed by atoms with van der Waals surface area (Å²) in [6, 6.07) is -1.52. The Labute approximate surface area is 162 Å². The fourth-order valence-corrected chi connectivity index (χ4v) is 2.98. The molecule has 1 aliphatic heterocycles. The second-order valence-electron chi connectivity index (χ2n) is 6.36. The molecule has 1 rings (SSSR count). The van der Waals surface area contributed by atoms with Gasteiger partial charge in [0, 0.05) is 25.5 Å². The number of urea groups is 1. The number of aliphatic hydroxyl groups excluding tert-OH is 3. The van der Waals surface area contributed by atoms with Crippen LogP contribution in [0, 0.1) is 4.91 Å². The number of aliphatic hydroxyl groups is 4. The van der Waals surface area contributed by atoms with E-state index in [0.717, 1.165) is 4.90 Å². The number of hydrogen-bond acceptors (Lipinski definition) is 9. The molecule has 0 radical (unpaired) electrons. The van der Waals surface area contributed by atoms with Crippen LogP contribution in [-0.2, 0) is 9.47 Å². The number of rotatable bonds is 10. The normalized spacial score (nSPS) is 30.0. The fraction of sp³-hybridized carbons (Fsp3) is 0.933. The summed E-state index contributed by atoms with van der Waals surface area (Å²) in [5, 5.41) is 44.6. The summed E-state index contributed by atoms with van der Waals surface area (Å²) in [7, 11) is 1.38. The molecule has 1 heterocycles. The van der Waals surface area contributed by atoms with E-state index in [1.54, 1.807) is 13.8 Å². The van der Waals surface area contributed by atoms with E-state index in [1.165, 1.54) is 7.11 Å². The van der Waals surface area contributed by atoms with E-state index in [-0.39, 0.29) is 25.5 Å². The predicted octanol–water partition coefficient (Wildman–Crippen LogP) is -0.407. The second kappa shape index (κ2) is 10.5. The van der Waals surface area contributed by atoms with Crippen molar-refractivity contribution < 1.29 is 34.7 Å². The van der Waals surface area contributed by atoms with Crippen LogP contribution in [0.4, 0.5) is 4.79 Å². The summed E-state index contributed by atoms with van der Waals surface area (Å²) < 4.78 is 10.2. The van der Waals surface area contributed by atoms with Gasteiger partial charge in [-0.3, -0.25) is 4.90 Å². The summed E-state index contributed by atoms with van der Waals surface area (Å²) in [6.45, 7) is 3.20. The highest BCUT2D eigenvalue weighted by Crippen LogP contribution is 2.35. The molecule has 1 saturated heterocycles. The van der Waals surface area contributed by atoms with Crippen LogP contribution in [-0.4, -0.2) is 98.9 Å². The number of halogens is 1. The molecule has 0 aromatic heterocycles. The van der Waals surface area contributed by atoms with E-state index < -0.39 is 42.4 Å². The third kappa shape index (κ3) is 5.25. The molecule has 11 nitrogen and oxygen atoms in total. The number of carbonyl (C=O) groups is 1. The maximum atomic E-state index is 12.6. The van der Waals surface area contributed by atoms with E-state index in [4.69, 9.17) is 21.1 Å². The molecule has 6 atom stereocenters. The standard InChI is InChI=1S/C15H28ClN3O8/c1-4-9(2)19(14(23)18(17-25)7-6-16)13(22)11-10(20)12(21)15(24,27-11)5-8-26-3/h9-13,20-22,24H,4-8H2,1-3H3/t9?,10-,11+,12-,13?,15-/m1/s1. The lowest BCUT2D eigenvalue weighted by Crippen LogP contribution is -2.57. The summed E-state index contributed by atoms with van der Waals surface area (Å²) in [4.78, 5) is 24.5. The molecule has 2 unspecified atom stereocenters. The maximum absolute atomic E-state index is 12.6. The smallest absolute Gasteiger partial charge is 0.345 e. The molecular weight excluding hydrogens is 386 g/mol. The van der Waals surface area contributed by atoms with Gasteiger partial charge in [0.25, 0.3) is 0 Å². The quantitative estimate of drug-likeness (QED) is 0.163. The van der Waals surface area contributed by atoms with Crippen LogP contribution in [0.2, 0.25) is 0 Å². The molecule has 1 aliphatic rings. The van der Waals surface area contributed by atoms with Gasteiger partial charge < -0.3 is 29.9 Å². The zero-order valence-electron chi connectivity index (χ0n) is 15.6. The Morgan fingerprint density at radius 1 is 1.44 bits per heavy atom. The molecule has 12 heteroatoms. The van der Waals surface area contributed by atoms with Crippen LogP contribution in [0.1, 0.15) is 26.7 Å². The third-order valence-corrected chi connectivity index (χ3v) is 4.78. The Kier molecular flexibility index (Phi) is 9.28. The van der Waals surface area contributed by atoms with Crippen LogP contribution >= 0.6 is 11.6 Å². The molecule has 0 spiro atoms. The highest BCUT2D eigenvalue weighted by atomic mass is 35.5. The molecule has 158 valence electrons. The first kappa shape index (κ1) is 24.0. The minimum Gasteiger partial charge on any atom is -0.387 e. The lowest BCUT2D eigenvalue weighted by atomic mass is 10.0. The van der Waals surface area contributed by atoms with Gasteiger partial charge in [0.05, 0.1) is 18.4 Å². The molecule has 4 N–H and O–H groups in total. The van der Waals surface area contributed by atoms with Gasteiger partial charge in [-0.1, -0.05) is 6.92 Å². The molecule has 0 bridgehead atoms. The lowest BCUT2D eigenvalue weighted by Gasteiger charge is -2.37. The van der Waals surface area contributed by atoms with E-state index in [9.17, 15) is 30.1 Å². The van der Waals surface area contributed by atoms with Crippen molar-refractivity contribution in [1.82, 2.24) is 9.91 Å². The first-order valence-electron chi connectivity index (χ1n) is 8.60. The van der Waals surface area contributed by atoms with Gasteiger partial charge in [-0.25, -0.2) is 4.79 Å². The molecule has 0 saturated carbocycles. The average Bonchev–Trinajstić information content (AvgIpc) is 2.88. The molecule has 2 amide bonds. The van der Waals surface area contributed by atoms with Crippen molar-refractivity contribution in [3.05, 3.63) is 4.91 Å². The van der Waals surface area contributed by atoms with Crippen molar-refractivity contribution in [3.8, 4) is 0 Å². The first-order valence-corrected chi connectivity index (χ1v) is 9.14. The summed E-state index contributed by atoms with van der Waals surface area (Å²) >= 11 is 5.56. The number of hydrogen-bond donors (Lipinski definition) is 4. The Morgan fingerprint density at radius 2 is 2.07 bits per heavy atom. The van der Waals surface area contributed by atoms with Crippen molar-refractivity contribution >= 4 is 17.6 Å². The zero-order chi connectivity index (χ0) is 20.8. The van der Waals surface area contributed by atoms with Gasteiger partial charge in [-0.2, -0.15) is 5.01 Å². The van der Waals surface area contributed by atoms with Crippen molar-refractivity contribution in [3.63, 3.8) is 0 Å². The van der Waals surface area contributed by atoms with Crippen LogP contribution < -0.4 is 0 Å². The van der Waals surface area contributed by atoms with Gasteiger partial charge in [0.15, 0.2) is 12.0 Å². The second-order valence-corrected chi connectivity index (χ2v) is 6.74. The number of nitroso groups, excluding NO2 is 1. The van der Waals surface area contributed by atoms with Gasteiger partial charge in [-0.05, 0) is 13.3 Å². The Morgan fingerprint density at radius 3 is 2.56 bits per heavy atom. The number of nitrogens with zero attached hydrogens (tertiary/aromatic N) is 3. The number of amides is 2. The van der Waals surface area contributed by atoms with Gasteiger partial charge in [0.1, 0.15) is 18.3 Å². The van der Waals surface area contributed by atoms with Crippen LogP contribution in [0.3, 0.4) is 0 Å². The predicted molar refractivity (Wildman–Crippen MR) is 94.5 cm³/mol. The largest absolute Gasteiger partial charge is 0.387 e. The molecule has 0 aromatic rings. The molecule has 27 heavy (non-hydrogen) atoms. The van der Waals surface area contributed by atoms with Crippen LogP contribution in [0.15, 0.2) is 5.29 Å². The Bertz CT molecular complexity index is 502. The Hall–Kier alpha value is -1.08. The topological polar surface area (TPSA) is 152 Å². The van der Waals surface area contributed by atoms with Gasteiger partial charge in [-0.15, -0.1) is 16.5 Å². The SMILES string of the molecule is CCC(C)N(C(=O)N(CCCl)N=O)C(O)[C@H]1O[C@](O)(CCOC)[C@H](O)[C@@H]1O. The molecular formula is C15H28ClN3O8. The monoisotopic (exact) mass is 413 g/mol. The van der Waals surface area contributed by atoms with Crippen LogP contribution in [0.5, 0.6) is 0 Å². The number of methoxy groups -OCH3 is 1. The van der Waals surface area contributed by atoms with E-state index >= 15 is 0 Å². The van der Waals surface area contributed by atoms with Crippen molar-refractivity contribution in [1.29, 1.82) is 0 Å². The lowest BCUT2D eigenvalue weighted by molar-refractivity contribution is -0.252. The van der Waals surface area contributed by atoms with E-state index in [2.05, 4.69) is 5.29 Å². The first-order chi connectivity index (χ1) is 12.7. The van der Waals surface area contributed by atoms with Crippen LogP contribution in [0.25, 0.3) is 0 Å². The minimum absolute atomic E-state index is 0.0235. The summed E-state index contributed by atoms with van der Waals surface area (Å²) in [6.07, 6.45) is -6.49. The number of alkyl halides is 1. The Balaban J connectivity index is 3.09. The summed E-state index contributed by atoms with van der Waals surface area (Å²) in [5.74, 6) is -2.22. The third-order valence-electron chi connectivity index (χ3n) is 4.61. The minimum atomic E-state index is -2.16. The number of ether oxygens (including phenoxy) is 2. The number of carbonyl (C=O) groups excluding carboxylic acids is 1. The van der Waals surface area contributed by atoms with Crippen molar-refractivity contribution in [2.45, 2.75) is 63.1 Å². The fourth-order valence-electron chi connectivity index (χ4n) is 2.82. The molecule has 0 aliphatic carbocycles.